The van der Waals surface area contributed by atoms with Crippen LogP contribution in [0.1, 0.15) is 33.4 Å². The summed E-state index contributed by atoms with van der Waals surface area (Å²) >= 11 is 0. The molecule has 0 amide bonds. The van der Waals surface area contributed by atoms with Crippen LogP contribution >= 0.6 is 18.5 Å². The van der Waals surface area contributed by atoms with Crippen LogP contribution in [0.2, 0.25) is 0 Å². The van der Waals surface area contributed by atoms with E-state index in [2.05, 4.69) is 67.0 Å². The molecule has 0 saturated heterocycles. The molecule has 0 aromatic heterocycles. The summed E-state index contributed by atoms with van der Waals surface area (Å²) in [6, 6.07) is 18.3. The normalized spacial score (nSPS) is 13.1. The largest absolute Gasteiger partial charge is 0.141 e. The average molecular weight is 362 g/mol. The lowest BCUT2D eigenvalue weighted by atomic mass is 9.93. The van der Waals surface area contributed by atoms with Gasteiger partial charge in [-0.2, -0.15) is 0 Å². The maximum atomic E-state index is 2.48. The molecule has 25 heavy (non-hydrogen) atoms. The van der Waals surface area contributed by atoms with E-state index in [4.69, 9.17) is 0 Å². The first-order valence-corrected chi connectivity index (χ1v) is 11.2. The Hall–Kier alpha value is -1.48. The van der Waals surface area contributed by atoms with E-state index < -0.39 is 0 Å². The molecule has 2 unspecified atom stereocenters. The third-order valence-corrected chi connectivity index (χ3v) is 5.54. The first-order chi connectivity index (χ1) is 12.4. The maximum Gasteiger partial charge on any atom is -0.00102 e. The maximum absolute atomic E-state index is 2.48. The molecule has 0 aliphatic heterocycles. The second kappa shape index (κ2) is 6.68. The molecule has 0 spiro atoms. The van der Waals surface area contributed by atoms with E-state index in [1.54, 1.807) is 38.9 Å². The van der Waals surface area contributed by atoms with Crippen LogP contribution < -0.4 is 0 Å². The number of rotatable bonds is 0. The number of hydrogen-bond donors (Lipinski definition) is 0. The second-order valence-corrected chi connectivity index (χ2v) is 6.55. The van der Waals surface area contributed by atoms with Crippen molar-refractivity contribution in [3.8, 4) is 22.3 Å². The Bertz CT molecular complexity index is 970. The van der Waals surface area contributed by atoms with Crippen molar-refractivity contribution in [2.75, 3.05) is 13.3 Å². The summed E-state index contributed by atoms with van der Waals surface area (Å²) in [5.74, 6) is 0. The van der Waals surface area contributed by atoms with Gasteiger partial charge < -0.3 is 0 Å². The van der Waals surface area contributed by atoms with Crippen LogP contribution in [0.5, 0.6) is 0 Å². The topological polar surface area (TPSA) is 0 Å². The minimum Gasteiger partial charge on any atom is -0.141 e. The summed E-state index contributed by atoms with van der Waals surface area (Å²) in [6.45, 7) is 3.83. The van der Waals surface area contributed by atoms with Gasteiger partial charge in [0.15, 0.2) is 0 Å². The van der Waals surface area contributed by atoms with Gasteiger partial charge in [0.1, 0.15) is 0 Å². The lowest BCUT2D eigenvalue weighted by Gasteiger charge is -2.10. The fourth-order valence-electron chi connectivity index (χ4n) is 4.72. The Morgan fingerprint density at radius 2 is 1.20 bits per heavy atom. The Morgan fingerprint density at radius 1 is 0.560 bits per heavy atom. The van der Waals surface area contributed by atoms with Crippen LogP contribution in [0.4, 0.5) is 0 Å². The van der Waals surface area contributed by atoms with E-state index in [-0.39, 0.29) is 0 Å². The van der Waals surface area contributed by atoms with Gasteiger partial charge in [-0.3, -0.25) is 0 Å². The standard InChI is InChI=1S/C21H14.2CH5P/c1-2-7-16-12(4-1)9-18-17(16)11-15-8-13-5-3-6-14-10-19(18)21(15)20(13)14;2*1-2/h1-7,11H,8-10H2;2*2H2,1H3. The molecule has 0 heterocycles. The predicted molar refractivity (Wildman–Crippen MR) is 117 cm³/mol. The summed E-state index contributed by atoms with van der Waals surface area (Å²) < 4.78 is 0. The van der Waals surface area contributed by atoms with Crippen molar-refractivity contribution in [1.29, 1.82) is 0 Å². The molecule has 0 fully saturated rings. The summed E-state index contributed by atoms with van der Waals surface area (Å²) in [6.07, 6.45) is 3.39. The predicted octanol–water partition coefficient (Wildman–Crippen LogP) is 5.72. The summed E-state index contributed by atoms with van der Waals surface area (Å²) in [4.78, 5) is 0. The van der Waals surface area contributed by atoms with Gasteiger partial charge >= 0.3 is 0 Å². The molecule has 3 aliphatic rings. The Morgan fingerprint density at radius 3 is 2.00 bits per heavy atom. The smallest absolute Gasteiger partial charge is 0.00102 e. The van der Waals surface area contributed by atoms with Crippen molar-refractivity contribution >= 4 is 18.5 Å². The van der Waals surface area contributed by atoms with Crippen LogP contribution in [-0.2, 0) is 19.3 Å². The Labute approximate surface area is 155 Å². The molecule has 3 aromatic rings. The third kappa shape index (κ3) is 2.35. The number of fused-ring (bicyclic) bond motifs is 4. The van der Waals surface area contributed by atoms with Gasteiger partial charge in [0.25, 0.3) is 0 Å². The van der Waals surface area contributed by atoms with Crippen LogP contribution in [0.3, 0.4) is 0 Å². The molecular formula is C23H24P2. The average Bonchev–Trinajstić information content (AvgIpc) is 3.35. The van der Waals surface area contributed by atoms with Gasteiger partial charge in [0.05, 0.1) is 0 Å². The molecule has 0 nitrogen and oxygen atoms in total. The van der Waals surface area contributed by atoms with E-state index in [0.29, 0.717) is 0 Å². The van der Waals surface area contributed by atoms with E-state index in [1.807, 2.05) is 13.3 Å². The van der Waals surface area contributed by atoms with E-state index in [9.17, 15) is 0 Å². The van der Waals surface area contributed by atoms with Gasteiger partial charge in [0.2, 0.25) is 0 Å². The van der Waals surface area contributed by atoms with E-state index in [0.717, 1.165) is 19.3 Å². The lowest BCUT2D eigenvalue weighted by Crippen LogP contribution is -1.95. The van der Waals surface area contributed by atoms with Crippen molar-refractivity contribution < 1.29 is 0 Å². The first-order valence-electron chi connectivity index (χ1n) is 8.92. The summed E-state index contributed by atoms with van der Waals surface area (Å²) in [5, 5.41) is 0. The molecular weight excluding hydrogens is 338 g/mol. The SMILES string of the molecule is CP.CP.c1ccc2c(c1)Cc1c-2cc2c3c1Cc1cccc(c1-3)C2. The number of benzene rings is 3. The molecule has 6 rings (SSSR count). The highest BCUT2D eigenvalue weighted by atomic mass is 31.0. The van der Waals surface area contributed by atoms with E-state index >= 15 is 0 Å². The summed E-state index contributed by atoms with van der Waals surface area (Å²) in [5.41, 5.74) is 15.5. The van der Waals surface area contributed by atoms with Gasteiger partial charge in [-0.1, -0.05) is 55.8 Å². The van der Waals surface area contributed by atoms with Crippen molar-refractivity contribution in [3.63, 3.8) is 0 Å². The quantitative estimate of drug-likeness (QED) is 0.303. The van der Waals surface area contributed by atoms with Crippen molar-refractivity contribution in [2.24, 2.45) is 0 Å². The first kappa shape index (κ1) is 17.0. The van der Waals surface area contributed by atoms with E-state index in [1.165, 1.54) is 16.7 Å². The van der Waals surface area contributed by atoms with Gasteiger partial charge in [-0.25, -0.2) is 0 Å². The van der Waals surface area contributed by atoms with Crippen LogP contribution in [0.25, 0.3) is 22.3 Å². The van der Waals surface area contributed by atoms with Gasteiger partial charge in [-0.05, 0) is 81.0 Å². The number of hydrogen-bond acceptors (Lipinski definition) is 0. The molecule has 0 radical (unpaired) electrons. The monoisotopic (exact) mass is 362 g/mol. The molecule has 3 aromatic carbocycles. The minimum absolute atomic E-state index is 1.12. The fraction of sp³-hybridized carbons (Fsp3) is 0.217. The van der Waals surface area contributed by atoms with Gasteiger partial charge in [-0.15, -0.1) is 18.5 Å². The van der Waals surface area contributed by atoms with Crippen molar-refractivity contribution in [2.45, 2.75) is 19.3 Å². The molecule has 0 N–H and O–H groups in total. The minimum atomic E-state index is 1.12. The highest BCUT2D eigenvalue weighted by Crippen LogP contribution is 2.52. The Balaban J connectivity index is 0.000000369. The molecule has 3 aliphatic carbocycles. The molecule has 126 valence electrons. The van der Waals surface area contributed by atoms with Crippen LogP contribution in [0, 0.1) is 0 Å². The van der Waals surface area contributed by atoms with Crippen molar-refractivity contribution in [1.82, 2.24) is 0 Å². The zero-order valence-corrected chi connectivity index (χ0v) is 17.2. The zero-order valence-electron chi connectivity index (χ0n) is 14.9. The Kier molecular flexibility index (Phi) is 4.53. The van der Waals surface area contributed by atoms with Gasteiger partial charge in [0, 0.05) is 0 Å². The summed E-state index contributed by atoms with van der Waals surface area (Å²) in [7, 11) is 4.83. The fourth-order valence-corrected chi connectivity index (χ4v) is 4.72. The molecule has 2 heteroatoms. The third-order valence-electron chi connectivity index (χ3n) is 5.54. The highest BCUT2D eigenvalue weighted by Gasteiger charge is 2.34. The highest BCUT2D eigenvalue weighted by molar-refractivity contribution is 7.15. The zero-order chi connectivity index (χ0) is 17.6. The van der Waals surface area contributed by atoms with Crippen LogP contribution in [0.15, 0.2) is 48.5 Å². The second-order valence-electron chi connectivity index (χ2n) is 6.55. The molecule has 2 atom stereocenters. The lowest BCUT2D eigenvalue weighted by molar-refractivity contribution is 1.13. The van der Waals surface area contributed by atoms with Crippen LogP contribution in [-0.4, -0.2) is 13.3 Å². The molecule has 0 bridgehead atoms. The molecule has 0 saturated carbocycles. The van der Waals surface area contributed by atoms with Crippen molar-refractivity contribution in [3.05, 3.63) is 81.9 Å².